The zero-order valence-electron chi connectivity index (χ0n) is 15.4. The topological polar surface area (TPSA) is 156 Å². The minimum atomic E-state index is -1.15. The molecule has 0 unspecified atom stereocenters. The highest BCUT2D eigenvalue weighted by Gasteiger charge is 2.37. The molecule has 2 aromatic rings. The highest BCUT2D eigenvalue weighted by molar-refractivity contribution is 9.10. The largest absolute Gasteiger partial charge is 0.481 e. The zero-order valence-corrected chi connectivity index (χ0v) is 17.0. The number of amides is 4. The average molecular weight is 490 g/mol. The van der Waals surface area contributed by atoms with Crippen molar-refractivity contribution in [1.82, 2.24) is 5.32 Å². The second kappa shape index (κ2) is 8.75. The highest BCUT2D eigenvalue weighted by Crippen LogP contribution is 2.28. The fourth-order valence-electron chi connectivity index (χ4n) is 2.65. The number of barbiturate groups is 1. The molecule has 0 radical (unpaired) electrons. The summed E-state index contributed by atoms with van der Waals surface area (Å²) in [6.45, 7) is -0.549. The first-order valence-electron chi connectivity index (χ1n) is 8.47. The number of imide groups is 2. The van der Waals surface area contributed by atoms with Gasteiger partial charge in [0.05, 0.1) is 15.1 Å². The first kappa shape index (κ1) is 21.6. The molecule has 2 aromatic carbocycles. The number of ether oxygens (including phenoxy) is 1. The molecule has 2 N–H and O–H groups in total. The average Bonchev–Trinajstić information content (AvgIpc) is 2.70. The predicted molar refractivity (Wildman–Crippen MR) is 109 cm³/mol. The molecule has 0 saturated carbocycles. The van der Waals surface area contributed by atoms with E-state index in [0.29, 0.717) is 14.9 Å². The third-order valence-electron chi connectivity index (χ3n) is 4.04. The standard InChI is InChI=1S/C19H12BrN3O8/c20-14-8-10(1-6-15(14)31-9-16(24)25)7-13-17(26)21-19(28)22(18(13)27)11-2-4-12(5-3-11)23(29)30/h1-8H,9H2,(H,24,25)(H,21,26,28). The molecule has 0 aromatic heterocycles. The third kappa shape index (κ3) is 4.75. The van der Waals surface area contributed by atoms with Gasteiger partial charge in [-0.05, 0) is 51.8 Å². The highest BCUT2D eigenvalue weighted by atomic mass is 79.9. The lowest BCUT2D eigenvalue weighted by atomic mass is 10.1. The van der Waals surface area contributed by atoms with E-state index < -0.39 is 35.3 Å². The van der Waals surface area contributed by atoms with E-state index in [4.69, 9.17) is 9.84 Å². The van der Waals surface area contributed by atoms with Gasteiger partial charge in [0.25, 0.3) is 17.5 Å². The number of hydrogen-bond donors (Lipinski definition) is 2. The van der Waals surface area contributed by atoms with Gasteiger partial charge in [-0.25, -0.2) is 14.5 Å². The fraction of sp³-hybridized carbons (Fsp3) is 0.0526. The van der Waals surface area contributed by atoms with Crippen LogP contribution < -0.4 is 15.0 Å². The Morgan fingerprint density at radius 2 is 1.87 bits per heavy atom. The summed E-state index contributed by atoms with van der Waals surface area (Å²) < 4.78 is 5.47. The number of urea groups is 1. The van der Waals surface area contributed by atoms with Crippen LogP contribution in [-0.4, -0.2) is 40.5 Å². The lowest BCUT2D eigenvalue weighted by Crippen LogP contribution is -2.54. The number of rotatable bonds is 6. The molecule has 3 rings (SSSR count). The second-order valence-corrected chi connectivity index (χ2v) is 6.96. The van der Waals surface area contributed by atoms with Gasteiger partial charge in [0.2, 0.25) is 0 Å². The normalized spacial score (nSPS) is 15.1. The number of carboxylic acids is 1. The molecular weight excluding hydrogens is 478 g/mol. The molecule has 11 nitrogen and oxygen atoms in total. The molecule has 12 heteroatoms. The van der Waals surface area contributed by atoms with Crippen LogP contribution in [0.5, 0.6) is 5.75 Å². The van der Waals surface area contributed by atoms with E-state index in [0.717, 1.165) is 12.1 Å². The van der Waals surface area contributed by atoms with Gasteiger partial charge in [0.15, 0.2) is 6.61 Å². The number of benzene rings is 2. The van der Waals surface area contributed by atoms with Crippen LogP contribution in [0.1, 0.15) is 5.56 Å². The lowest BCUT2D eigenvalue weighted by molar-refractivity contribution is -0.384. The second-order valence-electron chi connectivity index (χ2n) is 6.10. The quantitative estimate of drug-likeness (QED) is 0.271. The number of carboxylic acid groups (broad SMARTS) is 1. The van der Waals surface area contributed by atoms with Gasteiger partial charge in [0, 0.05) is 12.1 Å². The summed E-state index contributed by atoms with van der Waals surface area (Å²) in [7, 11) is 0. The van der Waals surface area contributed by atoms with E-state index in [1.165, 1.54) is 36.4 Å². The third-order valence-corrected chi connectivity index (χ3v) is 4.66. The summed E-state index contributed by atoms with van der Waals surface area (Å²) in [4.78, 5) is 58.7. The van der Waals surface area contributed by atoms with Crippen LogP contribution in [0.15, 0.2) is 52.5 Å². The number of aliphatic carboxylic acids is 1. The smallest absolute Gasteiger partial charge is 0.341 e. The Bertz CT molecular complexity index is 1140. The lowest BCUT2D eigenvalue weighted by Gasteiger charge is -2.26. The summed E-state index contributed by atoms with van der Waals surface area (Å²) in [6, 6.07) is 8.14. The van der Waals surface area contributed by atoms with Gasteiger partial charge < -0.3 is 9.84 Å². The van der Waals surface area contributed by atoms with Crippen molar-refractivity contribution < 1.29 is 33.9 Å². The summed E-state index contributed by atoms with van der Waals surface area (Å²) in [5, 5.41) is 21.5. The van der Waals surface area contributed by atoms with Gasteiger partial charge in [-0.1, -0.05) is 6.07 Å². The number of carbonyl (C=O) groups is 4. The van der Waals surface area contributed by atoms with Crippen molar-refractivity contribution in [1.29, 1.82) is 0 Å². The molecule has 1 saturated heterocycles. The van der Waals surface area contributed by atoms with E-state index in [1.54, 1.807) is 0 Å². The summed E-state index contributed by atoms with van der Waals surface area (Å²) in [6.07, 6.45) is 1.24. The van der Waals surface area contributed by atoms with E-state index in [-0.39, 0.29) is 22.7 Å². The van der Waals surface area contributed by atoms with Crippen LogP contribution in [0.3, 0.4) is 0 Å². The number of hydrogen-bond acceptors (Lipinski definition) is 7. The number of nitrogens with one attached hydrogen (secondary N) is 1. The maximum atomic E-state index is 12.8. The van der Waals surface area contributed by atoms with Crippen molar-refractivity contribution in [3.05, 3.63) is 68.2 Å². The van der Waals surface area contributed by atoms with Crippen molar-refractivity contribution in [3.63, 3.8) is 0 Å². The fourth-order valence-corrected chi connectivity index (χ4v) is 3.16. The Morgan fingerprint density at radius 1 is 1.19 bits per heavy atom. The minimum absolute atomic E-state index is 0.0464. The van der Waals surface area contributed by atoms with Crippen molar-refractivity contribution in [2.45, 2.75) is 0 Å². The van der Waals surface area contributed by atoms with Crippen LogP contribution in [-0.2, 0) is 14.4 Å². The van der Waals surface area contributed by atoms with Crippen LogP contribution in [0, 0.1) is 10.1 Å². The van der Waals surface area contributed by atoms with Gasteiger partial charge in [-0.2, -0.15) is 0 Å². The maximum Gasteiger partial charge on any atom is 0.341 e. The number of nitrogens with zero attached hydrogens (tertiary/aromatic N) is 2. The number of non-ortho nitro benzene ring substituents is 1. The molecule has 1 heterocycles. The molecule has 1 aliphatic rings. The minimum Gasteiger partial charge on any atom is -0.481 e. The van der Waals surface area contributed by atoms with Gasteiger partial charge in [-0.15, -0.1) is 0 Å². The van der Waals surface area contributed by atoms with E-state index in [9.17, 15) is 29.3 Å². The molecule has 4 amide bonds. The van der Waals surface area contributed by atoms with Gasteiger partial charge in [-0.3, -0.25) is 25.0 Å². The molecule has 31 heavy (non-hydrogen) atoms. The van der Waals surface area contributed by atoms with Crippen molar-refractivity contribution in [3.8, 4) is 5.75 Å². The number of carbonyl (C=O) groups excluding carboxylic acids is 3. The molecular formula is C19H12BrN3O8. The molecule has 1 fully saturated rings. The number of halogens is 1. The van der Waals surface area contributed by atoms with Crippen LogP contribution >= 0.6 is 15.9 Å². The Balaban J connectivity index is 1.90. The zero-order chi connectivity index (χ0) is 22.7. The predicted octanol–water partition coefficient (Wildman–Crippen LogP) is 2.49. The Hall–Kier alpha value is -4.06. The molecule has 0 spiro atoms. The van der Waals surface area contributed by atoms with Crippen LogP contribution in [0.25, 0.3) is 6.08 Å². The van der Waals surface area contributed by atoms with Crippen molar-refractivity contribution >= 4 is 57.2 Å². The molecule has 158 valence electrons. The summed E-state index contributed by atoms with van der Waals surface area (Å²) in [5.74, 6) is -2.73. The monoisotopic (exact) mass is 489 g/mol. The maximum absolute atomic E-state index is 12.8. The van der Waals surface area contributed by atoms with E-state index >= 15 is 0 Å². The number of nitro groups is 1. The van der Waals surface area contributed by atoms with Gasteiger partial charge >= 0.3 is 12.0 Å². The first-order valence-corrected chi connectivity index (χ1v) is 9.26. The van der Waals surface area contributed by atoms with Crippen molar-refractivity contribution in [2.75, 3.05) is 11.5 Å². The Morgan fingerprint density at radius 3 is 2.45 bits per heavy atom. The van der Waals surface area contributed by atoms with Crippen LogP contribution in [0.2, 0.25) is 0 Å². The summed E-state index contributed by atoms with van der Waals surface area (Å²) >= 11 is 3.22. The molecule has 0 atom stereocenters. The Kier molecular flexibility index (Phi) is 6.11. The molecule has 0 bridgehead atoms. The number of nitro benzene ring substituents is 1. The molecule has 0 aliphatic carbocycles. The van der Waals surface area contributed by atoms with Crippen molar-refractivity contribution in [2.24, 2.45) is 0 Å². The Labute approximate surface area is 182 Å². The van der Waals surface area contributed by atoms with Crippen LogP contribution in [0.4, 0.5) is 16.2 Å². The van der Waals surface area contributed by atoms with E-state index in [2.05, 4.69) is 15.9 Å². The van der Waals surface area contributed by atoms with Gasteiger partial charge in [0.1, 0.15) is 11.3 Å². The SMILES string of the molecule is O=C(O)COc1ccc(C=C2C(=O)NC(=O)N(c3ccc([N+](=O)[O-])cc3)C2=O)cc1Br. The summed E-state index contributed by atoms with van der Waals surface area (Å²) in [5.41, 5.74) is -0.129. The number of anilines is 1. The van der Waals surface area contributed by atoms with E-state index in [1.807, 2.05) is 5.32 Å². The molecule has 1 aliphatic heterocycles. The first-order chi connectivity index (χ1) is 14.7.